The van der Waals surface area contributed by atoms with E-state index in [2.05, 4.69) is 17.0 Å². The summed E-state index contributed by atoms with van der Waals surface area (Å²) in [5.74, 6) is 0.142. The molecule has 2 N–H and O–H groups in total. The van der Waals surface area contributed by atoms with E-state index >= 15 is 0 Å². The molecule has 0 aromatic heterocycles. The predicted octanol–water partition coefficient (Wildman–Crippen LogP) is 1.45. The van der Waals surface area contributed by atoms with Gasteiger partial charge in [-0.1, -0.05) is 48.5 Å². The average Bonchev–Trinajstić information content (AvgIpc) is 2.75. The molecule has 1 atom stereocenters. The van der Waals surface area contributed by atoms with Gasteiger partial charge in [0.15, 0.2) is 0 Å². The SMILES string of the molecule is NC(=O)COCC(=O)N1CCN(C(COc2ccccc2)c2ccccc2)CC1. The van der Waals surface area contributed by atoms with Crippen LogP contribution in [0.5, 0.6) is 5.75 Å². The van der Waals surface area contributed by atoms with Crippen LogP contribution >= 0.6 is 0 Å². The second-order valence-electron chi connectivity index (χ2n) is 6.93. The number of primary amides is 1. The Hall–Kier alpha value is -2.90. The van der Waals surface area contributed by atoms with Crippen molar-refractivity contribution in [3.05, 3.63) is 66.2 Å². The van der Waals surface area contributed by atoms with Crippen LogP contribution in [0.1, 0.15) is 11.6 Å². The van der Waals surface area contributed by atoms with Gasteiger partial charge >= 0.3 is 0 Å². The van der Waals surface area contributed by atoms with Crippen LogP contribution in [0.2, 0.25) is 0 Å². The molecule has 0 bridgehead atoms. The lowest BCUT2D eigenvalue weighted by Crippen LogP contribution is -2.51. The van der Waals surface area contributed by atoms with E-state index in [0.29, 0.717) is 19.7 Å². The molecule has 0 radical (unpaired) electrons. The van der Waals surface area contributed by atoms with Gasteiger partial charge in [0.05, 0.1) is 6.04 Å². The van der Waals surface area contributed by atoms with Gasteiger partial charge in [0, 0.05) is 26.2 Å². The Morgan fingerprint density at radius 2 is 1.52 bits per heavy atom. The van der Waals surface area contributed by atoms with Crippen molar-refractivity contribution in [3.8, 4) is 5.75 Å². The molecule has 29 heavy (non-hydrogen) atoms. The number of rotatable bonds is 9. The van der Waals surface area contributed by atoms with Crippen molar-refractivity contribution in [3.63, 3.8) is 0 Å². The highest BCUT2D eigenvalue weighted by atomic mass is 16.5. The molecule has 7 heteroatoms. The lowest BCUT2D eigenvalue weighted by atomic mass is 10.0. The van der Waals surface area contributed by atoms with E-state index in [1.165, 1.54) is 5.56 Å². The number of hydrogen-bond acceptors (Lipinski definition) is 5. The van der Waals surface area contributed by atoms with Crippen molar-refractivity contribution >= 4 is 11.8 Å². The molecule has 1 fully saturated rings. The first-order valence-corrected chi connectivity index (χ1v) is 9.74. The molecular formula is C22H27N3O4. The van der Waals surface area contributed by atoms with Crippen LogP contribution in [-0.4, -0.2) is 67.6 Å². The van der Waals surface area contributed by atoms with Crippen LogP contribution in [0, 0.1) is 0 Å². The monoisotopic (exact) mass is 397 g/mol. The Bertz CT molecular complexity index is 777. The van der Waals surface area contributed by atoms with E-state index in [0.717, 1.165) is 18.8 Å². The summed E-state index contributed by atoms with van der Waals surface area (Å²) in [5.41, 5.74) is 6.22. The third-order valence-electron chi connectivity index (χ3n) is 4.91. The third-order valence-corrected chi connectivity index (χ3v) is 4.91. The minimum atomic E-state index is -0.577. The zero-order chi connectivity index (χ0) is 20.5. The lowest BCUT2D eigenvalue weighted by molar-refractivity contribution is -0.139. The number of nitrogens with two attached hydrogens (primary N) is 1. The zero-order valence-corrected chi connectivity index (χ0v) is 16.4. The Labute approximate surface area is 171 Å². The molecule has 0 saturated carbocycles. The van der Waals surface area contributed by atoms with E-state index in [1.807, 2.05) is 48.5 Å². The fourth-order valence-corrected chi connectivity index (χ4v) is 3.39. The summed E-state index contributed by atoms with van der Waals surface area (Å²) in [5, 5.41) is 0. The van der Waals surface area contributed by atoms with Crippen LogP contribution < -0.4 is 10.5 Å². The Morgan fingerprint density at radius 3 is 2.14 bits per heavy atom. The van der Waals surface area contributed by atoms with Crippen LogP contribution in [-0.2, 0) is 14.3 Å². The van der Waals surface area contributed by atoms with E-state index < -0.39 is 5.91 Å². The van der Waals surface area contributed by atoms with Gasteiger partial charge in [-0.05, 0) is 17.7 Å². The standard InChI is InChI=1S/C22H27N3O4/c23-21(26)16-28-17-22(27)25-13-11-24(12-14-25)20(18-7-3-1-4-8-18)15-29-19-9-5-2-6-10-19/h1-10,20H,11-17H2,(H2,23,26). The molecule has 0 aliphatic carbocycles. The smallest absolute Gasteiger partial charge is 0.248 e. The Kier molecular flexibility index (Phi) is 7.61. The first kappa shape index (κ1) is 20.8. The average molecular weight is 397 g/mol. The highest BCUT2D eigenvalue weighted by molar-refractivity contribution is 5.79. The summed E-state index contributed by atoms with van der Waals surface area (Å²) in [4.78, 5) is 27.1. The Balaban J connectivity index is 1.58. The fraction of sp³-hybridized carbons (Fsp3) is 0.364. The quantitative estimate of drug-likeness (QED) is 0.692. The van der Waals surface area contributed by atoms with Gasteiger partial charge in [0.2, 0.25) is 11.8 Å². The maximum Gasteiger partial charge on any atom is 0.248 e. The van der Waals surface area contributed by atoms with Gasteiger partial charge < -0.3 is 20.1 Å². The topological polar surface area (TPSA) is 85.1 Å². The van der Waals surface area contributed by atoms with E-state index in [9.17, 15) is 9.59 Å². The van der Waals surface area contributed by atoms with Gasteiger partial charge in [0.25, 0.3) is 0 Å². The number of para-hydroxylation sites is 1. The van der Waals surface area contributed by atoms with Crippen molar-refractivity contribution in [1.29, 1.82) is 0 Å². The van der Waals surface area contributed by atoms with Crippen molar-refractivity contribution in [2.45, 2.75) is 6.04 Å². The first-order valence-electron chi connectivity index (χ1n) is 9.74. The molecular weight excluding hydrogens is 370 g/mol. The number of ether oxygens (including phenoxy) is 2. The maximum atomic E-state index is 12.2. The largest absolute Gasteiger partial charge is 0.492 e. The summed E-state index contributed by atoms with van der Waals surface area (Å²) in [6.45, 7) is 2.85. The molecule has 1 saturated heterocycles. The van der Waals surface area contributed by atoms with Crippen LogP contribution in [0.4, 0.5) is 0 Å². The van der Waals surface area contributed by atoms with Crippen molar-refractivity contribution < 1.29 is 19.1 Å². The number of amides is 2. The molecule has 1 heterocycles. The lowest BCUT2D eigenvalue weighted by Gasteiger charge is -2.39. The van der Waals surface area contributed by atoms with Gasteiger partial charge in [-0.25, -0.2) is 0 Å². The number of piperazine rings is 1. The Morgan fingerprint density at radius 1 is 0.897 bits per heavy atom. The predicted molar refractivity (Wildman–Crippen MR) is 109 cm³/mol. The summed E-state index contributed by atoms with van der Waals surface area (Å²) < 4.78 is 11.1. The number of hydrogen-bond donors (Lipinski definition) is 1. The normalized spacial score (nSPS) is 15.7. The number of carbonyl (C=O) groups excluding carboxylic acids is 2. The minimum Gasteiger partial charge on any atom is -0.492 e. The van der Waals surface area contributed by atoms with Gasteiger partial charge in [-0.2, -0.15) is 0 Å². The van der Waals surface area contributed by atoms with Crippen LogP contribution in [0.25, 0.3) is 0 Å². The summed E-state index contributed by atoms with van der Waals surface area (Å²) in [6.07, 6.45) is 0. The van der Waals surface area contributed by atoms with Crippen LogP contribution in [0.3, 0.4) is 0 Å². The molecule has 3 rings (SSSR count). The molecule has 7 nitrogen and oxygen atoms in total. The molecule has 1 aliphatic rings. The number of nitrogens with zero attached hydrogens (tertiary/aromatic N) is 2. The van der Waals surface area contributed by atoms with Crippen molar-refractivity contribution in [1.82, 2.24) is 9.80 Å². The first-order chi connectivity index (χ1) is 14.1. The third kappa shape index (κ3) is 6.30. The van der Waals surface area contributed by atoms with Crippen LogP contribution in [0.15, 0.2) is 60.7 Å². The van der Waals surface area contributed by atoms with E-state index in [4.69, 9.17) is 15.2 Å². The summed E-state index contributed by atoms with van der Waals surface area (Å²) in [7, 11) is 0. The highest BCUT2D eigenvalue weighted by Crippen LogP contribution is 2.24. The molecule has 2 aromatic rings. The summed E-state index contributed by atoms with van der Waals surface area (Å²) >= 11 is 0. The van der Waals surface area contributed by atoms with E-state index in [-0.39, 0.29) is 25.2 Å². The maximum absolute atomic E-state index is 12.2. The second kappa shape index (κ2) is 10.6. The zero-order valence-electron chi connectivity index (χ0n) is 16.4. The highest BCUT2D eigenvalue weighted by Gasteiger charge is 2.27. The molecule has 2 aromatic carbocycles. The number of benzene rings is 2. The fourth-order valence-electron chi connectivity index (χ4n) is 3.39. The van der Waals surface area contributed by atoms with Crippen molar-refractivity contribution in [2.24, 2.45) is 5.73 Å². The summed E-state index contributed by atoms with van der Waals surface area (Å²) in [6, 6.07) is 20.1. The second-order valence-corrected chi connectivity index (χ2v) is 6.93. The molecule has 154 valence electrons. The van der Waals surface area contributed by atoms with Gasteiger partial charge in [-0.15, -0.1) is 0 Å². The molecule has 1 unspecified atom stereocenters. The number of carbonyl (C=O) groups is 2. The van der Waals surface area contributed by atoms with Crippen molar-refractivity contribution in [2.75, 3.05) is 46.0 Å². The molecule has 0 spiro atoms. The molecule has 1 aliphatic heterocycles. The van der Waals surface area contributed by atoms with E-state index in [1.54, 1.807) is 4.90 Å². The van der Waals surface area contributed by atoms with Gasteiger partial charge in [-0.3, -0.25) is 14.5 Å². The van der Waals surface area contributed by atoms with Gasteiger partial charge in [0.1, 0.15) is 25.6 Å². The minimum absolute atomic E-state index is 0.0970. The molecule has 2 amide bonds.